The van der Waals surface area contributed by atoms with E-state index in [1.165, 1.54) is 0 Å². The quantitative estimate of drug-likeness (QED) is 0.601. The molecule has 0 spiro atoms. The van der Waals surface area contributed by atoms with E-state index in [-0.39, 0.29) is 6.04 Å². The summed E-state index contributed by atoms with van der Waals surface area (Å²) in [6.45, 7) is 3.16. The first-order chi connectivity index (χ1) is 11.8. The lowest BCUT2D eigenvalue weighted by Crippen LogP contribution is -2.25. The van der Waals surface area contributed by atoms with Crippen LogP contribution in [0.25, 0.3) is 11.3 Å². The van der Waals surface area contributed by atoms with Gasteiger partial charge < -0.3 is 19.8 Å². The van der Waals surface area contributed by atoms with E-state index in [9.17, 15) is 0 Å². The average Bonchev–Trinajstić information content (AvgIpc) is 3.25. The Bertz CT molecular complexity index is 685. The molecule has 5 nitrogen and oxygen atoms in total. The van der Waals surface area contributed by atoms with E-state index in [2.05, 4.69) is 64.1 Å². The zero-order chi connectivity index (χ0) is 16.8. The molecule has 0 aliphatic carbocycles. The Hall–Kier alpha value is -1.54. The van der Waals surface area contributed by atoms with Gasteiger partial charge in [-0.1, -0.05) is 50.1 Å². The van der Waals surface area contributed by atoms with Crippen molar-refractivity contribution in [3.63, 3.8) is 0 Å². The third kappa shape index (κ3) is 4.30. The summed E-state index contributed by atoms with van der Waals surface area (Å²) in [5.74, 6) is 0.836. The van der Waals surface area contributed by atoms with E-state index in [4.69, 9.17) is 14.5 Å². The van der Waals surface area contributed by atoms with Gasteiger partial charge in [0.05, 0.1) is 24.0 Å². The van der Waals surface area contributed by atoms with E-state index in [0.717, 1.165) is 45.8 Å². The third-order valence-electron chi connectivity index (χ3n) is 3.99. The van der Waals surface area contributed by atoms with Crippen LogP contribution in [0.15, 0.2) is 42.4 Å². The molecule has 3 rings (SSSR count). The van der Waals surface area contributed by atoms with Crippen molar-refractivity contribution in [3.05, 3.63) is 51.9 Å². The van der Waals surface area contributed by atoms with Gasteiger partial charge in [-0.05, 0) is 34.6 Å². The maximum Gasteiger partial charge on any atom is 0.229 e. The molecule has 2 N–H and O–H groups in total. The second-order valence-electron chi connectivity index (χ2n) is 5.74. The zero-order valence-corrected chi connectivity index (χ0v) is 15.9. The van der Waals surface area contributed by atoms with Gasteiger partial charge in [-0.2, -0.15) is 0 Å². The summed E-state index contributed by atoms with van der Waals surface area (Å²) in [7, 11) is 0. The number of benzene rings is 1. The summed E-state index contributed by atoms with van der Waals surface area (Å²) in [6.07, 6.45) is 5.01. The summed E-state index contributed by atoms with van der Waals surface area (Å²) >= 11 is 2.24. The molecule has 6 heteroatoms. The van der Waals surface area contributed by atoms with Gasteiger partial charge in [-0.25, -0.2) is 4.98 Å². The van der Waals surface area contributed by atoms with Crippen LogP contribution < -0.4 is 5.32 Å². The Morgan fingerprint density at radius 1 is 1.33 bits per heavy atom. The number of hydrogen-bond acceptors (Lipinski definition) is 4. The molecule has 1 aromatic heterocycles. The molecule has 1 atom stereocenters. The molecule has 0 bridgehead atoms. The number of imidazole rings is 1. The van der Waals surface area contributed by atoms with Gasteiger partial charge in [0.25, 0.3) is 0 Å². The summed E-state index contributed by atoms with van der Waals surface area (Å²) in [5, 5.41) is 3.58. The Balaban J connectivity index is 1.83. The van der Waals surface area contributed by atoms with Gasteiger partial charge >= 0.3 is 0 Å². The van der Waals surface area contributed by atoms with Crippen molar-refractivity contribution in [1.29, 1.82) is 0 Å². The zero-order valence-electron chi connectivity index (χ0n) is 13.7. The summed E-state index contributed by atoms with van der Waals surface area (Å²) < 4.78 is 11.4. The number of halogens is 1. The van der Waals surface area contributed by atoms with E-state index >= 15 is 0 Å². The first kappa shape index (κ1) is 17.3. The Labute approximate surface area is 156 Å². The van der Waals surface area contributed by atoms with E-state index in [1.54, 1.807) is 6.26 Å². The minimum atomic E-state index is 0.171. The first-order valence-corrected chi connectivity index (χ1v) is 9.33. The fraction of sp³-hybridized carbons (Fsp3) is 0.389. The number of rotatable bonds is 8. The Kier molecular flexibility index (Phi) is 6.14. The first-order valence-electron chi connectivity index (χ1n) is 8.25. The summed E-state index contributed by atoms with van der Waals surface area (Å²) in [5.41, 5.74) is 3.32. The molecule has 24 heavy (non-hydrogen) atoms. The molecular formula is C18H22IN3O2. The molecule has 2 aromatic rings. The van der Waals surface area contributed by atoms with E-state index in [1.807, 2.05) is 6.07 Å². The van der Waals surface area contributed by atoms with Crippen molar-refractivity contribution in [2.75, 3.05) is 13.3 Å². The van der Waals surface area contributed by atoms with Crippen LogP contribution in [0, 0.1) is 3.83 Å². The highest BCUT2D eigenvalue weighted by molar-refractivity contribution is 14.1. The number of unbranched alkanes of at least 4 members (excludes halogenated alkanes) is 1. The normalized spacial score (nSPS) is 14.8. The molecule has 0 radical (unpaired) electrons. The molecule has 1 aromatic carbocycles. The fourth-order valence-electron chi connectivity index (χ4n) is 2.76. The monoisotopic (exact) mass is 439 g/mol. The van der Waals surface area contributed by atoms with Crippen molar-refractivity contribution in [2.24, 2.45) is 0 Å². The topological polar surface area (TPSA) is 59.2 Å². The summed E-state index contributed by atoms with van der Waals surface area (Å²) in [6, 6.07) is 10.5. The second kappa shape index (κ2) is 8.53. The van der Waals surface area contributed by atoms with Gasteiger partial charge in [0.2, 0.25) is 6.79 Å². The van der Waals surface area contributed by atoms with E-state index in [0.29, 0.717) is 13.3 Å². The second-order valence-corrected chi connectivity index (χ2v) is 6.76. The fourth-order valence-corrected chi connectivity index (χ4v) is 3.29. The number of H-pyrrole nitrogens is 1. The number of ether oxygens (including phenoxy) is 2. The van der Waals surface area contributed by atoms with Crippen LogP contribution in [0.1, 0.15) is 37.9 Å². The average molecular weight is 439 g/mol. The van der Waals surface area contributed by atoms with Gasteiger partial charge in [0.15, 0.2) is 3.83 Å². The van der Waals surface area contributed by atoms with Crippen molar-refractivity contribution in [3.8, 4) is 11.3 Å². The van der Waals surface area contributed by atoms with E-state index < -0.39 is 0 Å². The SMILES string of the molecule is CCCCC(NCC1=COCO1)c1nc(I)[nH]c1-c1ccccc1. The standard InChI is InChI=1S/C18H22IN3O2/c1-2-3-9-15(20-10-14-11-23-12-24-14)17-16(21-18(19)22-17)13-7-5-4-6-8-13/h4-8,11,15,20H,2-3,9-10,12H2,1H3,(H,21,22). The van der Waals surface area contributed by atoms with Crippen LogP contribution in [0.3, 0.4) is 0 Å². The smallest absolute Gasteiger partial charge is 0.229 e. The highest BCUT2D eigenvalue weighted by Crippen LogP contribution is 2.29. The minimum absolute atomic E-state index is 0.171. The largest absolute Gasteiger partial charge is 0.462 e. The molecule has 2 heterocycles. The minimum Gasteiger partial charge on any atom is -0.462 e. The molecule has 0 fully saturated rings. The molecular weight excluding hydrogens is 417 g/mol. The van der Waals surface area contributed by atoms with Crippen molar-refractivity contribution in [2.45, 2.75) is 32.2 Å². The Morgan fingerprint density at radius 3 is 2.88 bits per heavy atom. The number of nitrogens with one attached hydrogen (secondary N) is 2. The highest BCUT2D eigenvalue weighted by atomic mass is 127. The van der Waals surface area contributed by atoms with Crippen LogP contribution in [-0.4, -0.2) is 23.3 Å². The van der Waals surface area contributed by atoms with Crippen molar-refractivity contribution >= 4 is 22.6 Å². The lowest BCUT2D eigenvalue weighted by atomic mass is 10.0. The van der Waals surface area contributed by atoms with Crippen molar-refractivity contribution < 1.29 is 9.47 Å². The molecule has 1 unspecified atom stereocenters. The van der Waals surface area contributed by atoms with Crippen LogP contribution in [0.4, 0.5) is 0 Å². The van der Waals surface area contributed by atoms with Crippen LogP contribution >= 0.6 is 22.6 Å². The highest BCUT2D eigenvalue weighted by Gasteiger charge is 2.21. The van der Waals surface area contributed by atoms with Gasteiger partial charge in [0, 0.05) is 0 Å². The van der Waals surface area contributed by atoms with Crippen LogP contribution in [0.5, 0.6) is 0 Å². The predicted octanol–water partition coefficient (Wildman–Crippen LogP) is 4.35. The number of aromatic amines is 1. The number of nitrogens with zero attached hydrogens (tertiary/aromatic N) is 1. The molecule has 128 valence electrons. The molecule has 1 aliphatic heterocycles. The van der Waals surface area contributed by atoms with Gasteiger partial charge in [0.1, 0.15) is 12.0 Å². The summed E-state index contributed by atoms with van der Waals surface area (Å²) in [4.78, 5) is 8.17. The maximum atomic E-state index is 5.41. The van der Waals surface area contributed by atoms with Crippen LogP contribution in [-0.2, 0) is 9.47 Å². The Morgan fingerprint density at radius 2 is 2.17 bits per heavy atom. The molecule has 0 saturated carbocycles. The van der Waals surface area contributed by atoms with Gasteiger partial charge in [-0.3, -0.25) is 0 Å². The molecule has 1 aliphatic rings. The molecule has 0 amide bonds. The number of aromatic nitrogens is 2. The van der Waals surface area contributed by atoms with Crippen molar-refractivity contribution in [1.82, 2.24) is 15.3 Å². The molecule has 0 saturated heterocycles. The van der Waals surface area contributed by atoms with Gasteiger partial charge in [-0.15, -0.1) is 0 Å². The maximum absolute atomic E-state index is 5.41. The lowest BCUT2D eigenvalue weighted by Gasteiger charge is -2.18. The predicted molar refractivity (Wildman–Crippen MR) is 102 cm³/mol. The van der Waals surface area contributed by atoms with Crippen LogP contribution in [0.2, 0.25) is 0 Å². The third-order valence-corrected chi connectivity index (χ3v) is 4.50. The lowest BCUT2D eigenvalue weighted by molar-refractivity contribution is 0.0784. The number of hydrogen-bond donors (Lipinski definition) is 2.